The Morgan fingerprint density at radius 1 is 1.44 bits per heavy atom. The molecule has 4 heteroatoms. The van der Waals surface area contributed by atoms with E-state index < -0.39 is 0 Å². The van der Waals surface area contributed by atoms with Crippen LogP contribution < -0.4 is 10.6 Å². The number of rotatable bonds is 4. The van der Waals surface area contributed by atoms with Gasteiger partial charge in [-0.15, -0.1) is 12.4 Å². The van der Waals surface area contributed by atoms with Gasteiger partial charge in [0, 0.05) is 18.2 Å². The van der Waals surface area contributed by atoms with E-state index in [1.54, 1.807) is 0 Å². The first kappa shape index (κ1) is 15.0. The minimum absolute atomic E-state index is 0. The maximum atomic E-state index is 11.9. The Morgan fingerprint density at radius 3 is 2.67 bits per heavy atom. The predicted molar refractivity (Wildman–Crippen MR) is 77.0 cm³/mol. The molecule has 1 aliphatic carbocycles. The van der Waals surface area contributed by atoms with Gasteiger partial charge in [-0.3, -0.25) is 4.79 Å². The molecule has 0 aromatic heterocycles. The van der Waals surface area contributed by atoms with Crippen molar-refractivity contribution in [2.45, 2.75) is 26.8 Å². The molecule has 1 amide bonds. The highest BCUT2D eigenvalue weighted by Crippen LogP contribution is 2.51. The summed E-state index contributed by atoms with van der Waals surface area (Å²) in [5.41, 5.74) is 2.26. The normalized spacial score (nSPS) is 19.8. The summed E-state index contributed by atoms with van der Waals surface area (Å²) in [4.78, 5) is 11.9. The van der Waals surface area contributed by atoms with Crippen LogP contribution in [0.25, 0.3) is 0 Å². The molecule has 100 valence electrons. The summed E-state index contributed by atoms with van der Waals surface area (Å²) in [7, 11) is 1.91. The SMILES string of the molecule is CNCc1cccc(NC(=O)C2CC2(C)C)c1.Cl. The Kier molecular flexibility index (Phi) is 4.77. The first-order valence-electron chi connectivity index (χ1n) is 6.07. The van der Waals surface area contributed by atoms with E-state index in [0.717, 1.165) is 18.7 Å². The number of halogens is 1. The number of anilines is 1. The smallest absolute Gasteiger partial charge is 0.228 e. The molecule has 1 aliphatic rings. The summed E-state index contributed by atoms with van der Waals surface area (Å²) in [6.45, 7) is 5.09. The average Bonchev–Trinajstić information content (AvgIpc) is 2.89. The second-order valence-electron chi connectivity index (χ2n) is 5.47. The number of carbonyl (C=O) groups is 1. The molecule has 2 rings (SSSR count). The van der Waals surface area contributed by atoms with Crippen LogP contribution in [-0.2, 0) is 11.3 Å². The zero-order chi connectivity index (χ0) is 12.5. The third-order valence-electron chi connectivity index (χ3n) is 3.41. The number of benzene rings is 1. The first-order valence-corrected chi connectivity index (χ1v) is 6.07. The Morgan fingerprint density at radius 2 is 2.11 bits per heavy atom. The molecule has 0 aliphatic heterocycles. The lowest BCUT2D eigenvalue weighted by molar-refractivity contribution is -0.117. The molecular weight excluding hydrogens is 248 g/mol. The van der Waals surface area contributed by atoms with Gasteiger partial charge in [0.05, 0.1) is 0 Å². The Hall–Kier alpha value is -1.06. The minimum atomic E-state index is 0. The van der Waals surface area contributed by atoms with Crippen molar-refractivity contribution in [1.82, 2.24) is 5.32 Å². The molecule has 2 N–H and O–H groups in total. The largest absolute Gasteiger partial charge is 0.326 e. The van der Waals surface area contributed by atoms with Crippen molar-refractivity contribution in [3.8, 4) is 0 Å². The fourth-order valence-corrected chi connectivity index (χ4v) is 2.11. The summed E-state index contributed by atoms with van der Waals surface area (Å²) in [5, 5.41) is 6.09. The highest BCUT2D eigenvalue weighted by molar-refractivity contribution is 5.95. The lowest BCUT2D eigenvalue weighted by Crippen LogP contribution is -2.16. The van der Waals surface area contributed by atoms with E-state index in [-0.39, 0.29) is 29.6 Å². The number of nitrogens with one attached hydrogen (secondary N) is 2. The summed E-state index contributed by atoms with van der Waals surface area (Å²) in [5.74, 6) is 0.326. The molecule has 1 unspecified atom stereocenters. The van der Waals surface area contributed by atoms with E-state index in [9.17, 15) is 4.79 Å². The number of amides is 1. The Bertz CT molecular complexity index is 432. The molecular formula is C14H21ClN2O. The fourth-order valence-electron chi connectivity index (χ4n) is 2.11. The van der Waals surface area contributed by atoms with E-state index in [2.05, 4.69) is 24.5 Å². The van der Waals surface area contributed by atoms with Gasteiger partial charge in [0.15, 0.2) is 0 Å². The zero-order valence-corrected chi connectivity index (χ0v) is 11.9. The van der Waals surface area contributed by atoms with Crippen molar-refractivity contribution >= 4 is 24.0 Å². The summed E-state index contributed by atoms with van der Waals surface area (Å²) in [6.07, 6.45) is 0.995. The van der Waals surface area contributed by atoms with Crippen LogP contribution >= 0.6 is 12.4 Å². The molecule has 1 atom stereocenters. The van der Waals surface area contributed by atoms with Gasteiger partial charge in [0.25, 0.3) is 0 Å². The topological polar surface area (TPSA) is 41.1 Å². The van der Waals surface area contributed by atoms with Gasteiger partial charge in [-0.1, -0.05) is 26.0 Å². The Balaban J connectivity index is 0.00000162. The maximum Gasteiger partial charge on any atom is 0.228 e. The van der Waals surface area contributed by atoms with Crippen molar-refractivity contribution in [1.29, 1.82) is 0 Å². The quantitative estimate of drug-likeness (QED) is 0.882. The van der Waals surface area contributed by atoms with Gasteiger partial charge < -0.3 is 10.6 Å². The van der Waals surface area contributed by atoms with Crippen molar-refractivity contribution in [3.63, 3.8) is 0 Å². The van der Waals surface area contributed by atoms with Crippen LogP contribution in [-0.4, -0.2) is 13.0 Å². The summed E-state index contributed by atoms with van der Waals surface area (Å²) in [6, 6.07) is 7.98. The standard InChI is InChI=1S/C14H20N2O.ClH/c1-14(2)8-12(14)13(17)16-11-6-4-5-10(7-11)9-15-3;/h4-7,12,15H,8-9H2,1-3H3,(H,16,17);1H. The van der Waals surface area contributed by atoms with Crippen LogP contribution in [0.4, 0.5) is 5.69 Å². The van der Waals surface area contributed by atoms with Gasteiger partial charge >= 0.3 is 0 Å². The monoisotopic (exact) mass is 268 g/mol. The third-order valence-corrected chi connectivity index (χ3v) is 3.41. The molecule has 1 aromatic carbocycles. The van der Waals surface area contributed by atoms with E-state index in [4.69, 9.17) is 0 Å². The van der Waals surface area contributed by atoms with Crippen molar-refractivity contribution in [2.75, 3.05) is 12.4 Å². The molecule has 3 nitrogen and oxygen atoms in total. The highest BCUT2D eigenvalue weighted by Gasteiger charge is 2.50. The second-order valence-corrected chi connectivity index (χ2v) is 5.47. The van der Waals surface area contributed by atoms with Crippen LogP contribution in [0.5, 0.6) is 0 Å². The molecule has 0 heterocycles. The van der Waals surface area contributed by atoms with Crippen LogP contribution in [0.15, 0.2) is 24.3 Å². The number of carbonyl (C=O) groups excluding carboxylic acids is 1. The minimum Gasteiger partial charge on any atom is -0.326 e. The van der Waals surface area contributed by atoms with Crippen molar-refractivity contribution in [3.05, 3.63) is 29.8 Å². The summed E-state index contributed by atoms with van der Waals surface area (Å²) >= 11 is 0. The van der Waals surface area contributed by atoms with E-state index in [1.165, 1.54) is 5.56 Å². The van der Waals surface area contributed by atoms with E-state index in [0.29, 0.717) is 0 Å². The van der Waals surface area contributed by atoms with Gasteiger partial charge in [0.1, 0.15) is 0 Å². The average molecular weight is 269 g/mol. The Labute approximate surface area is 115 Å². The molecule has 0 radical (unpaired) electrons. The van der Waals surface area contributed by atoms with Gasteiger partial charge in [0.2, 0.25) is 5.91 Å². The molecule has 1 aromatic rings. The molecule has 1 fully saturated rings. The maximum absolute atomic E-state index is 11.9. The van der Waals surface area contributed by atoms with E-state index >= 15 is 0 Å². The first-order chi connectivity index (χ1) is 8.03. The lowest BCUT2D eigenvalue weighted by atomic mass is 10.1. The van der Waals surface area contributed by atoms with Crippen LogP contribution in [0, 0.1) is 11.3 Å². The van der Waals surface area contributed by atoms with Crippen molar-refractivity contribution in [2.24, 2.45) is 11.3 Å². The number of hydrogen-bond donors (Lipinski definition) is 2. The molecule has 0 spiro atoms. The molecule has 18 heavy (non-hydrogen) atoms. The zero-order valence-electron chi connectivity index (χ0n) is 11.1. The summed E-state index contributed by atoms with van der Waals surface area (Å²) < 4.78 is 0. The van der Waals surface area contributed by atoms with Gasteiger partial charge in [-0.05, 0) is 36.6 Å². The highest BCUT2D eigenvalue weighted by atomic mass is 35.5. The lowest BCUT2D eigenvalue weighted by Gasteiger charge is -2.08. The number of hydrogen-bond acceptors (Lipinski definition) is 2. The predicted octanol–water partition coefficient (Wildman–Crippen LogP) is 2.81. The van der Waals surface area contributed by atoms with E-state index in [1.807, 2.05) is 31.3 Å². The van der Waals surface area contributed by atoms with Crippen LogP contribution in [0.3, 0.4) is 0 Å². The molecule has 0 bridgehead atoms. The van der Waals surface area contributed by atoms with Crippen LogP contribution in [0.1, 0.15) is 25.8 Å². The third kappa shape index (κ3) is 3.47. The van der Waals surface area contributed by atoms with Crippen molar-refractivity contribution < 1.29 is 4.79 Å². The van der Waals surface area contributed by atoms with Gasteiger partial charge in [-0.2, -0.15) is 0 Å². The molecule has 1 saturated carbocycles. The fraction of sp³-hybridized carbons (Fsp3) is 0.500. The van der Waals surface area contributed by atoms with Gasteiger partial charge in [-0.25, -0.2) is 0 Å². The molecule has 0 saturated heterocycles. The van der Waals surface area contributed by atoms with Crippen LogP contribution in [0.2, 0.25) is 0 Å². The second kappa shape index (κ2) is 5.72.